The molecule has 0 aromatic carbocycles. The van der Waals surface area contributed by atoms with Gasteiger partial charge in [0.1, 0.15) is 0 Å². The molecule has 1 N–H and O–H groups in total. The Balaban J connectivity index is 4.70. The van der Waals surface area contributed by atoms with E-state index < -0.39 is 10.0 Å². The highest BCUT2D eigenvalue weighted by atomic mass is 32.2. The maximum absolute atomic E-state index is 12.4. The monoisotopic (exact) mass is 294 g/mol. The van der Waals surface area contributed by atoms with Crippen molar-refractivity contribution in [3.8, 4) is 0 Å². The van der Waals surface area contributed by atoms with Gasteiger partial charge in [0, 0.05) is 32.3 Å². The van der Waals surface area contributed by atoms with Gasteiger partial charge < -0.3 is 10.1 Å². The van der Waals surface area contributed by atoms with E-state index >= 15 is 0 Å². The number of ether oxygens (including phenoxy) is 1. The van der Waals surface area contributed by atoms with Gasteiger partial charge in [-0.2, -0.15) is 4.31 Å². The molecule has 0 rings (SSSR count). The van der Waals surface area contributed by atoms with Crippen molar-refractivity contribution in [2.45, 2.75) is 52.6 Å². The molecule has 0 aliphatic heterocycles. The smallest absolute Gasteiger partial charge is 0.215 e. The van der Waals surface area contributed by atoms with Crippen LogP contribution in [0, 0.1) is 0 Å². The van der Waals surface area contributed by atoms with Crippen molar-refractivity contribution < 1.29 is 13.2 Å². The van der Waals surface area contributed by atoms with Crippen LogP contribution in [0.5, 0.6) is 0 Å². The van der Waals surface area contributed by atoms with Crippen molar-refractivity contribution in [3.05, 3.63) is 0 Å². The van der Waals surface area contributed by atoms with E-state index in [2.05, 4.69) is 5.32 Å². The molecule has 0 aliphatic rings. The van der Waals surface area contributed by atoms with E-state index in [1.54, 1.807) is 11.4 Å². The summed E-state index contributed by atoms with van der Waals surface area (Å²) in [6.45, 7) is 9.43. The molecule has 0 aliphatic carbocycles. The standard InChI is InChI=1S/C13H30N2O3S/c1-6-13(7-2)15(9-10-18-5)19(16,17)11-8-14-12(3)4/h12-14H,6-11H2,1-5H3. The van der Waals surface area contributed by atoms with Gasteiger partial charge in [0.25, 0.3) is 0 Å². The molecule has 0 radical (unpaired) electrons. The second-order valence-electron chi connectivity index (χ2n) is 5.00. The fraction of sp³-hybridized carbons (Fsp3) is 1.00. The van der Waals surface area contributed by atoms with Crippen LogP contribution >= 0.6 is 0 Å². The Morgan fingerprint density at radius 3 is 2.21 bits per heavy atom. The zero-order valence-electron chi connectivity index (χ0n) is 13.0. The van der Waals surface area contributed by atoms with Crippen molar-refractivity contribution in [1.82, 2.24) is 9.62 Å². The second-order valence-corrected chi connectivity index (χ2v) is 7.04. The van der Waals surface area contributed by atoms with Gasteiger partial charge >= 0.3 is 0 Å². The first kappa shape index (κ1) is 18.8. The molecule has 0 saturated heterocycles. The van der Waals surface area contributed by atoms with Gasteiger partial charge in [0.2, 0.25) is 10.0 Å². The fourth-order valence-corrected chi connectivity index (χ4v) is 3.74. The van der Waals surface area contributed by atoms with Crippen LogP contribution in [0.4, 0.5) is 0 Å². The Hall–Kier alpha value is -0.170. The predicted molar refractivity (Wildman–Crippen MR) is 79.9 cm³/mol. The van der Waals surface area contributed by atoms with Gasteiger partial charge in [-0.3, -0.25) is 0 Å². The third-order valence-electron chi connectivity index (χ3n) is 3.14. The zero-order chi connectivity index (χ0) is 14.9. The SMILES string of the molecule is CCC(CC)N(CCOC)S(=O)(=O)CCNC(C)C. The molecule has 0 spiro atoms. The lowest BCUT2D eigenvalue weighted by molar-refractivity contribution is 0.163. The van der Waals surface area contributed by atoms with Gasteiger partial charge in [-0.15, -0.1) is 0 Å². The number of hydrogen-bond donors (Lipinski definition) is 1. The molecular formula is C13H30N2O3S. The lowest BCUT2D eigenvalue weighted by atomic mass is 10.2. The molecule has 0 unspecified atom stereocenters. The molecular weight excluding hydrogens is 264 g/mol. The van der Waals surface area contributed by atoms with Crippen molar-refractivity contribution in [2.75, 3.05) is 32.6 Å². The van der Waals surface area contributed by atoms with Crippen LogP contribution in [0.1, 0.15) is 40.5 Å². The summed E-state index contributed by atoms with van der Waals surface area (Å²) in [5.74, 6) is 0.144. The average molecular weight is 294 g/mol. The third kappa shape index (κ3) is 7.25. The number of rotatable bonds is 11. The van der Waals surface area contributed by atoms with Gasteiger partial charge in [0.05, 0.1) is 12.4 Å². The normalized spacial score (nSPS) is 12.8. The Bertz CT molecular complexity index is 314. The van der Waals surface area contributed by atoms with E-state index in [4.69, 9.17) is 4.74 Å². The van der Waals surface area contributed by atoms with Gasteiger partial charge in [0.15, 0.2) is 0 Å². The van der Waals surface area contributed by atoms with Gasteiger partial charge in [-0.05, 0) is 12.8 Å². The van der Waals surface area contributed by atoms with Crippen LogP contribution in [0.25, 0.3) is 0 Å². The van der Waals surface area contributed by atoms with Crippen molar-refractivity contribution in [1.29, 1.82) is 0 Å². The zero-order valence-corrected chi connectivity index (χ0v) is 13.8. The quantitative estimate of drug-likeness (QED) is 0.626. The lowest BCUT2D eigenvalue weighted by Gasteiger charge is -2.29. The van der Waals surface area contributed by atoms with Crippen LogP contribution in [0.2, 0.25) is 0 Å². The van der Waals surface area contributed by atoms with E-state index in [1.165, 1.54) is 0 Å². The van der Waals surface area contributed by atoms with Crippen molar-refractivity contribution in [3.63, 3.8) is 0 Å². The summed E-state index contributed by atoms with van der Waals surface area (Å²) in [5.41, 5.74) is 0. The molecule has 0 aromatic rings. The maximum atomic E-state index is 12.4. The summed E-state index contributed by atoms with van der Waals surface area (Å²) < 4.78 is 31.5. The second kappa shape index (κ2) is 9.69. The largest absolute Gasteiger partial charge is 0.383 e. The molecule has 0 aromatic heterocycles. The molecule has 116 valence electrons. The van der Waals surface area contributed by atoms with Gasteiger partial charge in [-0.25, -0.2) is 8.42 Å². The summed E-state index contributed by atoms with van der Waals surface area (Å²) in [5, 5.41) is 3.15. The summed E-state index contributed by atoms with van der Waals surface area (Å²) in [6, 6.07) is 0.370. The number of nitrogens with one attached hydrogen (secondary N) is 1. The molecule has 6 heteroatoms. The Morgan fingerprint density at radius 1 is 1.21 bits per heavy atom. The maximum Gasteiger partial charge on any atom is 0.215 e. The average Bonchev–Trinajstić information content (AvgIpc) is 2.33. The molecule has 5 nitrogen and oxygen atoms in total. The summed E-state index contributed by atoms with van der Waals surface area (Å²) >= 11 is 0. The van der Waals surface area contributed by atoms with E-state index in [-0.39, 0.29) is 11.8 Å². The molecule has 0 amide bonds. The minimum Gasteiger partial charge on any atom is -0.383 e. The molecule has 0 saturated carbocycles. The highest BCUT2D eigenvalue weighted by Gasteiger charge is 2.27. The van der Waals surface area contributed by atoms with E-state index in [9.17, 15) is 8.42 Å². The van der Waals surface area contributed by atoms with Crippen molar-refractivity contribution in [2.24, 2.45) is 0 Å². The summed E-state index contributed by atoms with van der Waals surface area (Å²) in [4.78, 5) is 0. The van der Waals surface area contributed by atoms with Crippen LogP contribution < -0.4 is 5.32 Å². The lowest BCUT2D eigenvalue weighted by Crippen LogP contribution is -2.44. The Labute approximate surface area is 118 Å². The van der Waals surface area contributed by atoms with E-state index in [0.717, 1.165) is 12.8 Å². The first-order chi connectivity index (χ1) is 8.88. The minimum atomic E-state index is -3.22. The highest BCUT2D eigenvalue weighted by Crippen LogP contribution is 2.14. The molecule has 0 bridgehead atoms. The van der Waals surface area contributed by atoms with Crippen LogP contribution in [-0.2, 0) is 14.8 Å². The predicted octanol–water partition coefficient (Wildman–Crippen LogP) is 1.45. The van der Waals surface area contributed by atoms with E-state index in [1.807, 2.05) is 27.7 Å². The Morgan fingerprint density at radius 2 is 1.79 bits per heavy atom. The minimum absolute atomic E-state index is 0.0687. The molecule has 0 fully saturated rings. The van der Waals surface area contributed by atoms with Gasteiger partial charge in [-0.1, -0.05) is 27.7 Å². The summed E-state index contributed by atoms with van der Waals surface area (Å²) in [6.07, 6.45) is 1.66. The fourth-order valence-electron chi connectivity index (χ4n) is 2.02. The first-order valence-electron chi connectivity index (χ1n) is 7.10. The van der Waals surface area contributed by atoms with Crippen LogP contribution in [0.3, 0.4) is 0 Å². The molecule has 19 heavy (non-hydrogen) atoms. The number of sulfonamides is 1. The molecule has 0 atom stereocenters. The topological polar surface area (TPSA) is 58.6 Å². The molecule has 0 heterocycles. The first-order valence-corrected chi connectivity index (χ1v) is 8.71. The van der Waals surface area contributed by atoms with Crippen LogP contribution in [-0.4, -0.2) is 57.4 Å². The van der Waals surface area contributed by atoms with Crippen LogP contribution in [0.15, 0.2) is 0 Å². The van der Waals surface area contributed by atoms with Crippen molar-refractivity contribution >= 4 is 10.0 Å². The Kier molecular flexibility index (Phi) is 9.60. The highest BCUT2D eigenvalue weighted by molar-refractivity contribution is 7.89. The number of hydrogen-bond acceptors (Lipinski definition) is 4. The van der Waals surface area contributed by atoms with E-state index in [0.29, 0.717) is 25.7 Å². The summed E-state index contributed by atoms with van der Waals surface area (Å²) in [7, 11) is -1.63. The number of methoxy groups -OCH3 is 1. The number of nitrogens with zero attached hydrogens (tertiary/aromatic N) is 1. The third-order valence-corrected chi connectivity index (χ3v) is 5.05.